The minimum Gasteiger partial charge on any atom is -0.444 e. The number of halogens is 1. The maximum atomic E-state index is 12.2. The molecule has 0 bridgehead atoms. The summed E-state index contributed by atoms with van der Waals surface area (Å²) in [4.78, 5) is 18.0. The monoisotopic (exact) mass is 411 g/mol. The Morgan fingerprint density at radius 2 is 2.28 bits per heavy atom. The van der Waals surface area contributed by atoms with E-state index in [4.69, 9.17) is 10.5 Å². The number of nitrogen functional groups attached to an aromatic ring is 1. The number of carbonyl (C=O) groups is 1. The molecule has 1 aliphatic heterocycles. The smallest absolute Gasteiger partial charge is 0.410 e. The predicted molar refractivity (Wildman–Crippen MR) is 96.9 cm³/mol. The molecule has 9 heteroatoms. The number of piperidine rings is 1. The van der Waals surface area contributed by atoms with Crippen molar-refractivity contribution in [3.05, 3.63) is 16.2 Å². The number of ether oxygens (including phenoxy) is 1. The van der Waals surface area contributed by atoms with E-state index in [0.717, 1.165) is 0 Å². The van der Waals surface area contributed by atoms with Gasteiger partial charge in [-0.3, -0.25) is 0 Å². The Hall–Kier alpha value is -2.05. The lowest BCUT2D eigenvalue weighted by atomic mass is 10.0. The van der Waals surface area contributed by atoms with E-state index in [2.05, 4.69) is 26.2 Å². The van der Waals surface area contributed by atoms with Crippen LogP contribution in [-0.4, -0.2) is 51.9 Å². The number of nitrogens with one attached hydrogen (secondary N) is 1. The average molecular weight is 412 g/mol. The van der Waals surface area contributed by atoms with Gasteiger partial charge < -0.3 is 25.8 Å². The second-order valence-electron chi connectivity index (χ2n) is 6.90. The van der Waals surface area contributed by atoms with E-state index in [0.29, 0.717) is 23.3 Å². The molecule has 2 rings (SSSR count). The number of anilines is 2. The first-order valence-electron chi connectivity index (χ1n) is 7.89. The van der Waals surface area contributed by atoms with Crippen LogP contribution in [0.15, 0.2) is 10.7 Å². The van der Waals surface area contributed by atoms with Gasteiger partial charge in [0.1, 0.15) is 17.5 Å². The number of hydrogen-bond donors (Lipinski definition) is 3. The maximum absolute atomic E-state index is 12.2. The molecule has 2 atom stereocenters. The zero-order chi connectivity index (χ0) is 18.8. The predicted octanol–water partition coefficient (Wildman–Crippen LogP) is 2.08. The van der Waals surface area contributed by atoms with Crippen molar-refractivity contribution in [1.82, 2.24) is 9.88 Å². The number of pyridine rings is 1. The van der Waals surface area contributed by atoms with E-state index in [1.54, 1.807) is 25.7 Å². The van der Waals surface area contributed by atoms with Crippen LogP contribution in [-0.2, 0) is 4.74 Å². The molecule has 2 heterocycles. The Morgan fingerprint density at radius 1 is 1.60 bits per heavy atom. The zero-order valence-corrected chi connectivity index (χ0v) is 16.0. The van der Waals surface area contributed by atoms with Crippen LogP contribution in [0.1, 0.15) is 32.8 Å². The molecule has 1 amide bonds. The Bertz CT molecular complexity index is 698. The summed E-state index contributed by atoms with van der Waals surface area (Å²) >= 11 is 3.31. The van der Waals surface area contributed by atoms with Gasteiger partial charge in [-0.1, -0.05) is 0 Å². The summed E-state index contributed by atoms with van der Waals surface area (Å²) in [6.07, 6.45) is 0.713. The van der Waals surface area contributed by atoms with Gasteiger partial charge in [0.2, 0.25) is 0 Å². The van der Waals surface area contributed by atoms with Crippen molar-refractivity contribution in [3.63, 3.8) is 0 Å². The highest BCUT2D eigenvalue weighted by Gasteiger charge is 2.33. The van der Waals surface area contributed by atoms with Crippen LogP contribution >= 0.6 is 15.9 Å². The van der Waals surface area contributed by atoms with Gasteiger partial charge >= 0.3 is 6.09 Å². The largest absolute Gasteiger partial charge is 0.444 e. The summed E-state index contributed by atoms with van der Waals surface area (Å²) < 4.78 is 5.81. The van der Waals surface area contributed by atoms with Gasteiger partial charge in [0.05, 0.1) is 34.1 Å². The molecule has 0 aromatic carbocycles. The van der Waals surface area contributed by atoms with E-state index in [9.17, 15) is 15.2 Å². The summed E-state index contributed by atoms with van der Waals surface area (Å²) in [5.41, 5.74) is 5.67. The minimum absolute atomic E-state index is 0.260. The van der Waals surface area contributed by atoms with Crippen LogP contribution in [0.4, 0.5) is 16.3 Å². The second-order valence-corrected chi connectivity index (χ2v) is 7.69. The van der Waals surface area contributed by atoms with Crippen molar-refractivity contribution in [2.24, 2.45) is 0 Å². The van der Waals surface area contributed by atoms with Gasteiger partial charge in [-0.15, -0.1) is 0 Å². The van der Waals surface area contributed by atoms with E-state index in [1.165, 1.54) is 6.20 Å². The van der Waals surface area contributed by atoms with E-state index in [-0.39, 0.29) is 17.8 Å². The van der Waals surface area contributed by atoms with Gasteiger partial charge in [0.15, 0.2) is 0 Å². The van der Waals surface area contributed by atoms with Gasteiger partial charge in [-0.25, -0.2) is 9.78 Å². The lowest BCUT2D eigenvalue weighted by molar-refractivity contribution is 0.00691. The van der Waals surface area contributed by atoms with Crippen LogP contribution < -0.4 is 11.1 Å². The Kier molecular flexibility index (Phi) is 5.75. The number of aromatic nitrogens is 1. The fraction of sp³-hybridized carbons (Fsp3) is 0.562. The number of nitriles is 1. The average Bonchev–Trinajstić information content (AvgIpc) is 2.50. The van der Waals surface area contributed by atoms with Gasteiger partial charge in [0.25, 0.3) is 0 Å². The number of aliphatic hydroxyl groups is 1. The summed E-state index contributed by atoms with van der Waals surface area (Å²) in [6.45, 7) is 6.08. The highest BCUT2D eigenvalue weighted by molar-refractivity contribution is 9.10. The molecule has 1 aliphatic rings. The second kappa shape index (κ2) is 7.45. The SMILES string of the molecule is CC(C)(C)OC(=O)N1CC[C@@H](O)[C@H](Nc2ncc(N)c(C#N)c2Br)C1. The third-order valence-electron chi connectivity index (χ3n) is 3.71. The Labute approximate surface area is 155 Å². The fourth-order valence-corrected chi connectivity index (χ4v) is 3.00. The van der Waals surface area contributed by atoms with Crippen LogP contribution in [0.25, 0.3) is 0 Å². The molecule has 1 aromatic rings. The first kappa shape index (κ1) is 19.3. The Morgan fingerprint density at radius 3 is 2.88 bits per heavy atom. The van der Waals surface area contributed by atoms with Crippen LogP contribution in [0, 0.1) is 11.3 Å². The van der Waals surface area contributed by atoms with Crippen molar-refractivity contribution in [3.8, 4) is 6.07 Å². The topological polar surface area (TPSA) is 124 Å². The summed E-state index contributed by atoms with van der Waals surface area (Å²) in [5, 5.41) is 22.5. The molecule has 8 nitrogen and oxygen atoms in total. The number of nitrogens with zero attached hydrogens (tertiary/aromatic N) is 3. The van der Waals surface area contributed by atoms with E-state index >= 15 is 0 Å². The molecule has 136 valence electrons. The molecular formula is C16H22BrN5O3. The first-order chi connectivity index (χ1) is 11.6. The fourth-order valence-electron chi connectivity index (χ4n) is 2.46. The van der Waals surface area contributed by atoms with Crippen LogP contribution in [0.5, 0.6) is 0 Å². The summed E-state index contributed by atoms with van der Waals surface area (Å²) in [6, 6.07) is 1.56. The lowest BCUT2D eigenvalue weighted by Crippen LogP contribution is -2.53. The molecule has 25 heavy (non-hydrogen) atoms. The molecule has 0 radical (unpaired) electrons. The summed E-state index contributed by atoms with van der Waals surface area (Å²) in [5.74, 6) is 0.390. The van der Waals surface area contributed by atoms with Crippen LogP contribution in [0.2, 0.25) is 0 Å². The Balaban J connectivity index is 2.14. The molecule has 1 saturated heterocycles. The lowest BCUT2D eigenvalue weighted by Gasteiger charge is -2.37. The third kappa shape index (κ3) is 4.74. The van der Waals surface area contributed by atoms with Gasteiger partial charge in [0, 0.05) is 13.1 Å². The van der Waals surface area contributed by atoms with E-state index < -0.39 is 23.8 Å². The zero-order valence-electron chi connectivity index (χ0n) is 14.4. The standard InChI is InChI=1S/C16H22BrN5O3/c1-16(2,3)25-15(24)22-5-4-12(23)11(8-22)21-14-13(17)9(6-18)10(19)7-20-14/h7,11-12,23H,4-5,8,19H2,1-3H3,(H,20,21)/t11-,12-/m1/s1. The number of carbonyl (C=O) groups excluding carboxylic acids is 1. The van der Waals surface area contributed by atoms with Crippen molar-refractivity contribution >= 4 is 33.5 Å². The quantitative estimate of drug-likeness (QED) is 0.679. The highest BCUT2D eigenvalue weighted by Crippen LogP contribution is 2.29. The minimum atomic E-state index is -0.657. The maximum Gasteiger partial charge on any atom is 0.410 e. The van der Waals surface area contributed by atoms with Crippen molar-refractivity contribution in [2.75, 3.05) is 24.1 Å². The molecule has 0 saturated carbocycles. The molecule has 0 unspecified atom stereocenters. The number of hydrogen-bond acceptors (Lipinski definition) is 7. The van der Waals surface area contributed by atoms with Crippen molar-refractivity contribution in [1.29, 1.82) is 5.26 Å². The number of nitrogens with two attached hydrogens (primary N) is 1. The third-order valence-corrected chi connectivity index (χ3v) is 4.48. The molecule has 1 aromatic heterocycles. The van der Waals surface area contributed by atoms with Crippen molar-refractivity contribution in [2.45, 2.75) is 44.9 Å². The van der Waals surface area contributed by atoms with Crippen LogP contribution in [0.3, 0.4) is 0 Å². The number of likely N-dealkylation sites (tertiary alicyclic amines) is 1. The normalized spacial score (nSPS) is 20.7. The molecule has 1 fully saturated rings. The molecule has 0 aliphatic carbocycles. The van der Waals surface area contributed by atoms with Gasteiger partial charge in [-0.2, -0.15) is 5.26 Å². The number of aliphatic hydroxyl groups excluding tert-OH is 1. The summed E-state index contributed by atoms with van der Waals surface area (Å²) in [7, 11) is 0. The molecule has 0 spiro atoms. The van der Waals surface area contributed by atoms with E-state index in [1.807, 2.05) is 6.07 Å². The number of rotatable bonds is 2. The molecule has 4 N–H and O–H groups in total. The first-order valence-corrected chi connectivity index (χ1v) is 8.68. The number of amides is 1. The van der Waals surface area contributed by atoms with Gasteiger partial charge in [-0.05, 0) is 43.1 Å². The van der Waals surface area contributed by atoms with Crippen molar-refractivity contribution < 1.29 is 14.6 Å². The highest BCUT2D eigenvalue weighted by atomic mass is 79.9. The molecular weight excluding hydrogens is 390 g/mol.